The molecule has 0 aliphatic rings. The number of ketones is 1. The Bertz CT molecular complexity index is 426. The monoisotopic (exact) mass is 250 g/mol. The minimum atomic E-state index is -0.302. The highest BCUT2D eigenvalue weighted by atomic mass is 16.5. The van der Waals surface area contributed by atoms with E-state index in [1.54, 1.807) is 7.11 Å². The van der Waals surface area contributed by atoms with E-state index in [0.29, 0.717) is 12.2 Å². The first kappa shape index (κ1) is 14.2. The Balaban J connectivity index is 2.83. The first-order chi connectivity index (χ1) is 8.58. The Hall–Kier alpha value is -1.84. The van der Waals surface area contributed by atoms with E-state index in [-0.39, 0.29) is 24.1 Å². The quantitative estimate of drug-likeness (QED) is 0.727. The van der Waals surface area contributed by atoms with Crippen molar-refractivity contribution in [1.29, 1.82) is 0 Å². The lowest BCUT2D eigenvalue weighted by Gasteiger charge is -2.14. The van der Waals surface area contributed by atoms with E-state index in [0.717, 1.165) is 5.56 Å². The van der Waals surface area contributed by atoms with Gasteiger partial charge in [-0.2, -0.15) is 0 Å². The Morgan fingerprint density at radius 1 is 1.28 bits per heavy atom. The summed E-state index contributed by atoms with van der Waals surface area (Å²) in [6, 6.07) is 7.35. The third-order valence-electron chi connectivity index (χ3n) is 2.85. The van der Waals surface area contributed by atoms with Crippen molar-refractivity contribution in [3.63, 3.8) is 0 Å². The van der Waals surface area contributed by atoms with E-state index in [1.807, 2.05) is 24.3 Å². The number of rotatable bonds is 6. The van der Waals surface area contributed by atoms with Gasteiger partial charge in [0, 0.05) is 12.3 Å². The minimum absolute atomic E-state index is 0.0344. The van der Waals surface area contributed by atoms with Gasteiger partial charge >= 0.3 is 5.97 Å². The lowest BCUT2D eigenvalue weighted by atomic mass is 9.91. The van der Waals surface area contributed by atoms with Gasteiger partial charge in [-0.05, 0) is 31.0 Å². The summed E-state index contributed by atoms with van der Waals surface area (Å²) in [5.74, 6) is 0.146. The van der Waals surface area contributed by atoms with E-state index in [2.05, 4.69) is 4.74 Å². The van der Waals surface area contributed by atoms with Crippen molar-refractivity contribution in [3.05, 3.63) is 29.8 Å². The summed E-state index contributed by atoms with van der Waals surface area (Å²) in [7, 11) is 2.92. The summed E-state index contributed by atoms with van der Waals surface area (Å²) in [4.78, 5) is 22.8. The Labute approximate surface area is 107 Å². The molecule has 1 rings (SSSR count). The molecular weight excluding hydrogens is 232 g/mol. The van der Waals surface area contributed by atoms with Gasteiger partial charge in [0.05, 0.1) is 14.2 Å². The van der Waals surface area contributed by atoms with Crippen molar-refractivity contribution in [2.75, 3.05) is 14.2 Å². The zero-order valence-electron chi connectivity index (χ0n) is 10.9. The molecule has 98 valence electrons. The van der Waals surface area contributed by atoms with E-state index in [9.17, 15) is 9.59 Å². The van der Waals surface area contributed by atoms with Crippen molar-refractivity contribution < 1.29 is 19.1 Å². The Morgan fingerprint density at radius 3 is 2.56 bits per heavy atom. The minimum Gasteiger partial charge on any atom is -0.497 e. The van der Waals surface area contributed by atoms with Crippen LogP contribution in [0.3, 0.4) is 0 Å². The second kappa shape index (κ2) is 6.79. The summed E-state index contributed by atoms with van der Waals surface area (Å²) < 4.78 is 9.71. The Kier molecular flexibility index (Phi) is 5.36. The highest BCUT2D eigenvalue weighted by Gasteiger charge is 2.18. The summed E-state index contributed by atoms with van der Waals surface area (Å²) >= 11 is 0. The van der Waals surface area contributed by atoms with Crippen LogP contribution in [0.1, 0.15) is 31.2 Å². The van der Waals surface area contributed by atoms with Gasteiger partial charge < -0.3 is 9.47 Å². The van der Waals surface area contributed by atoms with Crippen molar-refractivity contribution in [2.45, 2.75) is 25.7 Å². The number of Topliss-reactive ketones (excluding diaryl/α,β-unsaturated/α-hetero) is 1. The van der Waals surface area contributed by atoms with Crippen molar-refractivity contribution in [1.82, 2.24) is 0 Å². The fourth-order valence-electron chi connectivity index (χ4n) is 1.83. The van der Waals surface area contributed by atoms with Crippen molar-refractivity contribution in [3.8, 4) is 5.75 Å². The largest absolute Gasteiger partial charge is 0.497 e. The molecule has 18 heavy (non-hydrogen) atoms. The van der Waals surface area contributed by atoms with Gasteiger partial charge in [-0.25, -0.2) is 0 Å². The van der Waals surface area contributed by atoms with Gasteiger partial charge in [-0.3, -0.25) is 9.59 Å². The SMILES string of the molecule is COC(=O)CC[C@H](C(C)=O)c1cccc(OC)c1. The average molecular weight is 250 g/mol. The number of hydrogen-bond donors (Lipinski definition) is 0. The molecule has 0 unspecified atom stereocenters. The van der Waals surface area contributed by atoms with Crippen LogP contribution in [0.2, 0.25) is 0 Å². The van der Waals surface area contributed by atoms with Crippen LogP contribution in [0.25, 0.3) is 0 Å². The van der Waals surface area contributed by atoms with Crippen LogP contribution >= 0.6 is 0 Å². The van der Waals surface area contributed by atoms with Crippen LogP contribution in [0.5, 0.6) is 5.75 Å². The van der Waals surface area contributed by atoms with E-state index >= 15 is 0 Å². The van der Waals surface area contributed by atoms with Crippen LogP contribution in [0.4, 0.5) is 0 Å². The third kappa shape index (κ3) is 3.87. The van der Waals surface area contributed by atoms with Crippen molar-refractivity contribution >= 4 is 11.8 Å². The molecule has 4 heteroatoms. The molecule has 0 saturated heterocycles. The number of hydrogen-bond acceptors (Lipinski definition) is 4. The molecule has 0 bridgehead atoms. The summed E-state index contributed by atoms with van der Waals surface area (Å²) in [5.41, 5.74) is 0.866. The highest BCUT2D eigenvalue weighted by Crippen LogP contribution is 2.25. The maximum absolute atomic E-state index is 11.7. The maximum atomic E-state index is 11.7. The van der Waals surface area contributed by atoms with Crippen LogP contribution in [0.15, 0.2) is 24.3 Å². The van der Waals surface area contributed by atoms with Gasteiger partial charge in [0.2, 0.25) is 0 Å². The second-order valence-corrected chi connectivity index (χ2v) is 4.05. The zero-order chi connectivity index (χ0) is 13.5. The standard InChI is InChI=1S/C14H18O4/c1-10(15)13(7-8-14(16)18-3)11-5-4-6-12(9-11)17-2/h4-6,9,13H,7-8H2,1-3H3/t13-/m1/s1. The summed E-state index contributed by atoms with van der Waals surface area (Å²) in [6.45, 7) is 1.53. The predicted molar refractivity (Wildman–Crippen MR) is 67.7 cm³/mol. The van der Waals surface area contributed by atoms with Crippen LogP contribution in [-0.2, 0) is 14.3 Å². The molecule has 1 aromatic rings. The number of esters is 1. The molecule has 0 aliphatic carbocycles. The predicted octanol–water partition coefficient (Wildman–Crippen LogP) is 2.32. The second-order valence-electron chi connectivity index (χ2n) is 4.05. The molecule has 0 spiro atoms. The molecule has 0 amide bonds. The number of carbonyl (C=O) groups excluding carboxylic acids is 2. The van der Waals surface area contributed by atoms with E-state index in [4.69, 9.17) is 4.74 Å². The van der Waals surface area contributed by atoms with E-state index < -0.39 is 0 Å². The first-order valence-corrected chi connectivity index (χ1v) is 5.79. The van der Waals surface area contributed by atoms with Crippen LogP contribution in [-0.4, -0.2) is 26.0 Å². The van der Waals surface area contributed by atoms with Gasteiger partial charge in [0.1, 0.15) is 11.5 Å². The number of ether oxygens (including phenoxy) is 2. The fourth-order valence-corrected chi connectivity index (χ4v) is 1.83. The molecule has 1 atom stereocenters. The summed E-state index contributed by atoms with van der Waals surface area (Å²) in [5, 5.41) is 0. The maximum Gasteiger partial charge on any atom is 0.305 e. The molecule has 0 heterocycles. The smallest absolute Gasteiger partial charge is 0.305 e. The molecule has 0 N–H and O–H groups in total. The topological polar surface area (TPSA) is 52.6 Å². The molecule has 4 nitrogen and oxygen atoms in total. The lowest BCUT2D eigenvalue weighted by Crippen LogP contribution is -2.12. The number of methoxy groups -OCH3 is 2. The molecule has 0 radical (unpaired) electrons. The van der Waals surface area contributed by atoms with Gasteiger partial charge in [0.25, 0.3) is 0 Å². The first-order valence-electron chi connectivity index (χ1n) is 5.79. The number of benzene rings is 1. The van der Waals surface area contributed by atoms with E-state index in [1.165, 1.54) is 14.0 Å². The fraction of sp³-hybridized carbons (Fsp3) is 0.429. The molecule has 0 aromatic heterocycles. The van der Waals surface area contributed by atoms with Gasteiger partial charge in [0.15, 0.2) is 0 Å². The average Bonchev–Trinajstić information content (AvgIpc) is 2.38. The number of carbonyl (C=O) groups is 2. The van der Waals surface area contributed by atoms with Crippen LogP contribution in [0, 0.1) is 0 Å². The highest BCUT2D eigenvalue weighted by molar-refractivity contribution is 5.84. The molecule has 0 fully saturated rings. The van der Waals surface area contributed by atoms with Gasteiger partial charge in [-0.15, -0.1) is 0 Å². The molecular formula is C14H18O4. The zero-order valence-corrected chi connectivity index (χ0v) is 10.9. The lowest BCUT2D eigenvalue weighted by molar-refractivity contribution is -0.140. The normalized spacial score (nSPS) is 11.7. The van der Waals surface area contributed by atoms with Gasteiger partial charge in [-0.1, -0.05) is 12.1 Å². The molecule has 0 saturated carbocycles. The van der Waals surface area contributed by atoms with Crippen LogP contribution < -0.4 is 4.74 Å². The summed E-state index contributed by atoms with van der Waals surface area (Å²) in [6.07, 6.45) is 0.688. The molecule has 1 aromatic carbocycles. The Morgan fingerprint density at radius 2 is 2.00 bits per heavy atom. The third-order valence-corrected chi connectivity index (χ3v) is 2.85. The van der Waals surface area contributed by atoms with Crippen molar-refractivity contribution in [2.24, 2.45) is 0 Å². The molecule has 0 aliphatic heterocycles.